The van der Waals surface area contributed by atoms with Crippen LogP contribution in [0.2, 0.25) is 0 Å². The van der Waals surface area contributed by atoms with Crippen molar-refractivity contribution in [2.75, 3.05) is 25.2 Å². The van der Waals surface area contributed by atoms with E-state index >= 15 is 0 Å². The Balaban J connectivity index is 3.06. The molecule has 0 saturated carbocycles. The summed E-state index contributed by atoms with van der Waals surface area (Å²) in [5, 5.41) is 9.44. The van der Waals surface area contributed by atoms with E-state index in [0.717, 1.165) is 17.7 Å². The number of benzene rings is 1. The number of hydrogen-bond acceptors (Lipinski definition) is 5. The second-order valence-corrected chi connectivity index (χ2v) is 6.06. The Bertz CT molecular complexity index is 608. The van der Waals surface area contributed by atoms with E-state index in [1.54, 1.807) is 0 Å². The van der Waals surface area contributed by atoms with Crippen molar-refractivity contribution in [2.45, 2.75) is 39.2 Å². The summed E-state index contributed by atoms with van der Waals surface area (Å²) >= 11 is 0. The standard InChI is InChI=1S/C18H25NO6/c1-5-6-11-25-16(21)13-7-9-14(10-8-13)19(15(20)12-24-4)18(2,3)17(22)23/h7-10H,5-6,11-12H2,1-4H3,(H,22,23). The summed E-state index contributed by atoms with van der Waals surface area (Å²) in [7, 11) is 1.36. The molecule has 0 atom stereocenters. The number of methoxy groups -OCH3 is 1. The fourth-order valence-corrected chi connectivity index (χ4v) is 2.20. The highest BCUT2D eigenvalue weighted by Crippen LogP contribution is 2.25. The molecule has 0 saturated heterocycles. The first-order valence-electron chi connectivity index (χ1n) is 8.08. The summed E-state index contributed by atoms with van der Waals surface area (Å²) in [5.74, 6) is -2.10. The molecule has 1 amide bonds. The van der Waals surface area contributed by atoms with Crippen molar-refractivity contribution in [2.24, 2.45) is 0 Å². The van der Waals surface area contributed by atoms with Gasteiger partial charge in [-0.1, -0.05) is 13.3 Å². The van der Waals surface area contributed by atoms with E-state index in [1.807, 2.05) is 6.92 Å². The number of nitrogens with zero attached hydrogens (tertiary/aromatic N) is 1. The first kappa shape index (κ1) is 20.6. The highest BCUT2D eigenvalue weighted by Gasteiger charge is 2.38. The molecule has 25 heavy (non-hydrogen) atoms. The zero-order chi connectivity index (χ0) is 19.0. The van der Waals surface area contributed by atoms with Crippen LogP contribution in [-0.2, 0) is 19.1 Å². The third-order valence-corrected chi connectivity index (χ3v) is 3.69. The number of esters is 1. The Labute approximate surface area is 147 Å². The molecule has 0 spiro atoms. The maximum absolute atomic E-state index is 12.3. The monoisotopic (exact) mass is 351 g/mol. The van der Waals surface area contributed by atoms with Gasteiger partial charge in [0.25, 0.3) is 5.91 Å². The van der Waals surface area contributed by atoms with Crippen LogP contribution < -0.4 is 4.90 Å². The molecule has 1 rings (SSSR count). The number of carbonyl (C=O) groups excluding carboxylic acids is 2. The van der Waals surface area contributed by atoms with Crippen molar-refractivity contribution in [3.05, 3.63) is 29.8 Å². The van der Waals surface area contributed by atoms with Crippen LogP contribution in [0, 0.1) is 0 Å². The average molecular weight is 351 g/mol. The molecular weight excluding hydrogens is 326 g/mol. The van der Waals surface area contributed by atoms with E-state index in [-0.39, 0.29) is 6.61 Å². The van der Waals surface area contributed by atoms with Crippen LogP contribution in [-0.4, -0.2) is 48.8 Å². The number of ether oxygens (including phenoxy) is 2. The third kappa shape index (κ3) is 5.29. The van der Waals surface area contributed by atoms with Crippen molar-refractivity contribution < 1.29 is 29.0 Å². The Kier molecular flexibility index (Phi) is 7.57. The second-order valence-electron chi connectivity index (χ2n) is 6.06. The molecule has 1 N–H and O–H groups in total. The number of unbranched alkanes of at least 4 members (excludes halogenated alkanes) is 1. The summed E-state index contributed by atoms with van der Waals surface area (Å²) in [6.07, 6.45) is 1.71. The number of carboxylic acids is 1. The van der Waals surface area contributed by atoms with Crippen LogP contribution in [0.3, 0.4) is 0 Å². The van der Waals surface area contributed by atoms with Gasteiger partial charge in [0, 0.05) is 12.8 Å². The van der Waals surface area contributed by atoms with Gasteiger partial charge >= 0.3 is 11.9 Å². The quantitative estimate of drug-likeness (QED) is 0.543. The fraction of sp³-hybridized carbons (Fsp3) is 0.500. The summed E-state index contributed by atoms with van der Waals surface area (Å²) in [6.45, 7) is 4.95. The molecule has 0 radical (unpaired) electrons. The molecule has 0 fully saturated rings. The van der Waals surface area contributed by atoms with Gasteiger partial charge < -0.3 is 14.6 Å². The van der Waals surface area contributed by atoms with Crippen molar-refractivity contribution in [1.29, 1.82) is 0 Å². The van der Waals surface area contributed by atoms with Crippen molar-refractivity contribution in [3.63, 3.8) is 0 Å². The number of rotatable bonds is 9. The van der Waals surface area contributed by atoms with E-state index in [1.165, 1.54) is 45.2 Å². The van der Waals surface area contributed by atoms with E-state index in [2.05, 4.69) is 0 Å². The molecule has 7 heteroatoms. The average Bonchev–Trinajstić information content (AvgIpc) is 2.55. The van der Waals surface area contributed by atoms with Crippen LogP contribution in [0.4, 0.5) is 5.69 Å². The van der Waals surface area contributed by atoms with E-state index in [4.69, 9.17) is 9.47 Å². The smallest absolute Gasteiger partial charge is 0.338 e. The number of carbonyl (C=O) groups is 3. The maximum Gasteiger partial charge on any atom is 0.338 e. The molecule has 0 unspecified atom stereocenters. The number of hydrogen-bond donors (Lipinski definition) is 1. The largest absolute Gasteiger partial charge is 0.480 e. The molecule has 0 aliphatic heterocycles. The maximum atomic E-state index is 12.3. The van der Waals surface area contributed by atoms with Gasteiger partial charge in [-0.05, 0) is 44.5 Å². The van der Waals surface area contributed by atoms with Gasteiger partial charge in [0.05, 0.1) is 12.2 Å². The lowest BCUT2D eigenvalue weighted by Crippen LogP contribution is -2.54. The molecule has 1 aromatic rings. The lowest BCUT2D eigenvalue weighted by molar-refractivity contribution is -0.144. The summed E-state index contributed by atoms with van der Waals surface area (Å²) < 4.78 is 9.97. The van der Waals surface area contributed by atoms with Crippen molar-refractivity contribution in [1.82, 2.24) is 0 Å². The van der Waals surface area contributed by atoms with Crippen molar-refractivity contribution >= 4 is 23.5 Å². The van der Waals surface area contributed by atoms with E-state index in [0.29, 0.717) is 17.9 Å². The molecule has 0 aromatic heterocycles. The Morgan fingerprint density at radius 1 is 1.16 bits per heavy atom. The normalized spacial score (nSPS) is 11.0. The minimum absolute atomic E-state index is 0.252. The summed E-state index contributed by atoms with van der Waals surface area (Å²) in [6, 6.07) is 6.06. The van der Waals surface area contributed by atoms with Gasteiger partial charge in [0.2, 0.25) is 0 Å². The minimum Gasteiger partial charge on any atom is -0.480 e. The predicted molar refractivity (Wildman–Crippen MR) is 92.7 cm³/mol. The second kappa shape index (κ2) is 9.17. The Morgan fingerprint density at radius 3 is 2.24 bits per heavy atom. The first-order valence-corrected chi connectivity index (χ1v) is 8.08. The minimum atomic E-state index is -1.47. The van der Waals surface area contributed by atoms with E-state index in [9.17, 15) is 19.5 Å². The van der Waals surface area contributed by atoms with Crippen LogP contribution in [0.15, 0.2) is 24.3 Å². The number of aliphatic carboxylic acids is 1. The van der Waals surface area contributed by atoms with Gasteiger partial charge in [-0.3, -0.25) is 9.69 Å². The summed E-state index contributed by atoms with van der Waals surface area (Å²) in [4.78, 5) is 37.0. The van der Waals surface area contributed by atoms with Crippen molar-refractivity contribution in [3.8, 4) is 0 Å². The molecule has 0 aliphatic rings. The number of amides is 1. The topological polar surface area (TPSA) is 93.1 Å². The zero-order valence-corrected chi connectivity index (χ0v) is 15.1. The van der Waals surface area contributed by atoms with Gasteiger partial charge in [0.15, 0.2) is 0 Å². The third-order valence-electron chi connectivity index (χ3n) is 3.69. The Morgan fingerprint density at radius 2 is 1.76 bits per heavy atom. The first-order chi connectivity index (χ1) is 11.8. The van der Waals surface area contributed by atoms with Crippen LogP contribution in [0.1, 0.15) is 44.0 Å². The lowest BCUT2D eigenvalue weighted by atomic mass is 10.0. The molecule has 0 heterocycles. The molecule has 0 aliphatic carbocycles. The highest BCUT2D eigenvalue weighted by atomic mass is 16.5. The molecular formula is C18H25NO6. The van der Waals surface area contributed by atoms with Crippen LogP contribution in [0.5, 0.6) is 0 Å². The van der Waals surface area contributed by atoms with Gasteiger partial charge in [0.1, 0.15) is 12.1 Å². The molecule has 138 valence electrons. The summed E-state index contributed by atoms with van der Waals surface area (Å²) in [5.41, 5.74) is -0.773. The molecule has 7 nitrogen and oxygen atoms in total. The van der Waals surface area contributed by atoms with Gasteiger partial charge in [-0.15, -0.1) is 0 Å². The highest BCUT2D eigenvalue weighted by molar-refractivity contribution is 6.02. The SMILES string of the molecule is CCCCOC(=O)c1ccc(N(C(=O)COC)C(C)(C)C(=O)O)cc1. The van der Waals surface area contributed by atoms with E-state index < -0.39 is 23.4 Å². The molecule has 1 aromatic carbocycles. The van der Waals surface area contributed by atoms with Gasteiger partial charge in [-0.25, -0.2) is 9.59 Å². The molecule has 0 bridgehead atoms. The van der Waals surface area contributed by atoms with Crippen LogP contribution in [0.25, 0.3) is 0 Å². The predicted octanol–water partition coefficient (Wildman–Crippen LogP) is 2.49. The van der Waals surface area contributed by atoms with Gasteiger partial charge in [-0.2, -0.15) is 0 Å². The van der Waals surface area contributed by atoms with Crippen LogP contribution >= 0.6 is 0 Å². The number of carboxylic acid groups (broad SMARTS) is 1. The fourth-order valence-electron chi connectivity index (χ4n) is 2.20. The number of anilines is 1. The lowest BCUT2D eigenvalue weighted by Gasteiger charge is -2.35. The Hall–Kier alpha value is -2.41. The zero-order valence-electron chi connectivity index (χ0n) is 15.1.